The van der Waals surface area contributed by atoms with Gasteiger partial charge in [0.1, 0.15) is 19.6 Å². The van der Waals surface area contributed by atoms with Crippen LogP contribution >= 0.6 is 11.6 Å². The van der Waals surface area contributed by atoms with E-state index in [0.717, 1.165) is 55.4 Å². The molecule has 1 saturated heterocycles. The summed E-state index contributed by atoms with van der Waals surface area (Å²) in [5, 5.41) is 3.23. The van der Waals surface area contributed by atoms with E-state index in [1.165, 1.54) is 4.90 Å². The highest BCUT2D eigenvalue weighted by Gasteiger charge is 2.22. The van der Waals surface area contributed by atoms with Gasteiger partial charge in [-0.1, -0.05) is 17.7 Å². The first kappa shape index (κ1) is 21.0. The number of nitrogens with one attached hydrogen (secondary N) is 2. The molecule has 1 aliphatic heterocycles. The van der Waals surface area contributed by atoms with Gasteiger partial charge in [0, 0.05) is 18.0 Å². The summed E-state index contributed by atoms with van der Waals surface area (Å²) in [6, 6.07) is 4.99. The summed E-state index contributed by atoms with van der Waals surface area (Å²) < 4.78 is 30.7. The lowest BCUT2D eigenvalue weighted by Crippen LogP contribution is -3.14. The van der Waals surface area contributed by atoms with Crippen LogP contribution in [0.5, 0.6) is 0 Å². The van der Waals surface area contributed by atoms with Crippen molar-refractivity contribution < 1.29 is 22.8 Å². The number of hydrogen-bond acceptors (Lipinski definition) is 4. The molecule has 1 heterocycles. The molecule has 0 aromatic heterocycles. The third kappa shape index (κ3) is 6.42. The zero-order valence-corrected chi connectivity index (χ0v) is 16.8. The van der Waals surface area contributed by atoms with E-state index >= 15 is 0 Å². The van der Waals surface area contributed by atoms with Crippen LogP contribution in [0.1, 0.15) is 12.0 Å². The maximum absolute atomic E-state index is 12.2. The van der Waals surface area contributed by atoms with E-state index in [0.29, 0.717) is 17.3 Å². The summed E-state index contributed by atoms with van der Waals surface area (Å²) >= 11 is 5.99. The minimum absolute atomic E-state index is 0.259. The van der Waals surface area contributed by atoms with Crippen molar-refractivity contribution in [2.75, 3.05) is 56.5 Å². The molecule has 0 bridgehead atoms. The van der Waals surface area contributed by atoms with Gasteiger partial charge in [-0.25, -0.2) is 8.42 Å². The van der Waals surface area contributed by atoms with Crippen molar-refractivity contribution in [2.45, 2.75) is 13.3 Å². The van der Waals surface area contributed by atoms with Crippen LogP contribution in [0.4, 0.5) is 5.69 Å². The number of halogens is 1. The second kappa shape index (κ2) is 9.55. The quantitative estimate of drug-likeness (QED) is 0.590. The average molecular weight is 405 g/mol. The third-order valence-electron chi connectivity index (χ3n) is 4.36. The summed E-state index contributed by atoms with van der Waals surface area (Å²) in [7, 11) is -3.60. The van der Waals surface area contributed by atoms with Crippen LogP contribution in [0.3, 0.4) is 0 Å². The predicted octanol–water partition coefficient (Wildman–Crippen LogP) is -0.164. The Morgan fingerprint density at radius 2 is 2.04 bits per heavy atom. The van der Waals surface area contributed by atoms with Crippen molar-refractivity contribution in [3.05, 3.63) is 28.8 Å². The molecule has 146 valence electrons. The molecule has 1 aliphatic rings. The van der Waals surface area contributed by atoms with Gasteiger partial charge in [-0.15, -0.1) is 0 Å². The number of carbonyl (C=O) groups is 1. The van der Waals surface area contributed by atoms with Gasteiger partial charge >= 0.3 is 0 Å². The van der Waals surface area contributed by atoms with Crippen molar-refractivity contribution in [1.29, 1.82) is 0 Å². The van der Waals surface area contributed by atoms with Crippen molar-refractivity contribution in [3.8, 4) is 0 Å². The number of sulfonamides is 1. The second-order valence-corrected chi connectivity index (χ2v) is 8.86. The van der Waals surface area contributed by atoms with Gasteiger partial charge in [-0.3, -0.25) is 9.10 Å². The molecule has 1 aromatic carbocycles. The number of ether oxygens (including phenoxy) is 1. The number of quaternary nitrogens is 1. The fraction of sp³-hybridized carbons (Fsp3) is 0.588. The van der Waals surface area contributed by atoms with E-state index in [4.69, 9.17) is 16.3 Å². The Bertz CT molecular complexity index is 721. The molecule has 0 unspecified atom stereocenters. The summed E-state index contributed by atoms with van der Waals surface area (Å²) in [5.41, 5.74) is 1.16. The van der Waals surface area contributed by atoms with Gasteiger partial charge in [0.15, 0.2) is 0 Å². The van der Waals surface area contributed by atoms with Gasteiger partial charge in [0.2, 0.25) is 15.9 Å². The van der Waals surface area contributed by atoms with E-state index in [1.54, 1.807) is 25.1 Å². The lowest BCUT2D eigenvalue weighted by molar-refractivity contribution is -0.908. The van der Waals surface area contributed by atoms with E-state index < -0.39 is 10.0 Å². The standard InChI is InChI=1S/C17H26ClN3O4S/c1-14-4-5-15(18)12-16(14)21(26(2,23)24)13-17(22)19-6-3-7-20-8-10-25-11-9-20/h4-5,12H,3,6-11,13H2,1-2H3,(H,19,22)/p+1. The molecule has 2 rings (SSSR count). The number of anilines is 1. The van der Waals surface area contributed by atoms with E-state index in [2.05, 4.69) is 5.32 Å². The summed E-state index contributed by atoms with van der Waals surface area (Å²) in [6.45, 7) is 6.56. The molecular weight excluding hydrogens is 378 g/mol. The second-order valence-electron chi connectivity index (χ2n) is 6.52. The number of morpholine rings is 1. The van der Waals surface area contributed by atoms with Crippen LogP contribution in [0.25, 0.3) is 0 Å². The van der Waals surface area contributed by atoms with Gasteiger partial charge in [-0.2, -0.15) is 0 Å². The molecule has 0 atom stereocenters. The van der Waals surface area contributed by atoms with Gasteiger partial charge in [0.25, 0.3) is 0 Å². The molecule has 9 heteroatoms. The Hall–Kier alpha value is -1.35. The topological polar surface area (TPSA) is 80.2 Å². The predicted molar refractivity (Wildman–Crippen MR) is 102 cm³/mol. The molecule has 1 fully saturated rings. The first-order valence-corrected chi connectivity index (χ1v) is 10.9. The molecule has 0 aliphatic carbocycles. The number of amides is 1. The molecule has 1 amide bonds. The summed E-state index contributed by atoms with van der Waals surface area (Å²) in [6.07, 6.45) is 1.93. The Morgan fingerprint density at radius 1 is 1.35 bits per heavy atom. The Morgan fingerprint density at radius 3 is 2.69 bits per heavy atom. The number of carbonyl (C=O) groups excluding carboxylic acids is 1. The number of aryl methyl sites for hydroxylation is 1. The molecule has 1 aromatic rings. The van der Waals surface area contributed by atoms with Crippen molar-refractivity contribution >= 4 is 33.2 Å². The van der Waals surface area contributed by atoms with Crippen LogP contribution in [0.15, 0.2) is 18.2 Å². The molecule has 0 radical (unpaired) electrons. The fourth-order valence-corrected chi connectivity index (χ4v) is 3.97. The normalized spacial score (nSPS) is 15.7. The number of rotatable bonds is 8. The van der Waals surface area contributed by atoms with Crippen LogP contribution in [0.2, 0.25) is 5.02 Å². The summed E-state index contributed by atoms with van der Waals surface area (Å²) in [4.78, 5) is 13.7. The third-order valence-corrected chi connectivity index (χ3v) is 5.72. The zero-order valence-electron chi connectivity index (χ0n) is 15.3. The maximum atomic E-state index is 12.2. The lowest BCUT2D eigenvalue weighted by Gasteiger charge is -2.24. The van der Waals surface area contributed by atoms with Crippen LogP contribution in [-0.4, -0.2) is 66.5 Å². The fourth-order valence-electron chi connectivity index (χ4n) is 2.89. The number of benzene rings is 1. The average Bonchev–Trinajstić information content (AvgIpc) is 2.59. The van der Waals surface area contributed by atoms with Gasteiger partial charge in [0.05, 0.1) is 31.7 Å². The van der Waals surface area contributed by atoms with Crippen molar-refractivity contribution in [1.82, 2.24) is 5.32 Å². The van der Waals surface area contributed by atoms with E-state index in [-0.39, 0.29) is 12.5 Å². The van der Waals surface area contributed by atoms with E-state index in [9.17, 15) is 13.2 Å². The monoisotopic (exact) mass is 404 g/mol. The molecule has 0 saturated carbocycles. The molecule has 0 spiro atoms. The molecule has 2 N–H and O–H groups in total. The number of hydrogen-bond donors (Lipinski definition) is 2. The smallest absolute Gasteiger partial charge is 0.240 e. The Labute approximate surface area is 160 Å². The number of nitrogens with zero attached hydrogens (tertiary/aromatic N) is 1. The summed E-state index contributed by atoms with van der Waals surface area (Å²) in [5.74, 6) is -0.327. The highest BCUT2D eigenvalue weighted by atomic mass is 35.5. The highest BCUT2D eigenvalue weighted by molar-refractivity contribution is 7.92. The van der Waals surface area contributed by atoms with Crippen LogP contribution < -0.4 is 14.5 Å². The lowest BCUT2D eigenvalue weighted by atomic mass is 10.2. The van der Waals surface area contributed by atoms with E-state index in [1.807, 2.05) is 0 Å². The van der Waals surface area contributed by atoms with Gasteiger partial charge < -0.3 is 15.0 Å². The Balaban J connectivity index is 1.89. The zero-order chi connectivity index (χ0) is 19.2. The van der Waals surface area contributed by atoms with Crippen LogP contribution in [-0.2, 0) is 19.6 Å². The van der Waals surface area contributed by atoms with Crippen LogP contribution in [0, 0.1) is 6.92 Å². The minimum atomic E-state index is -3.60. The largest absolute Gasteiger partial charge is 0.370 e. The SMILES string of the molecule is Cc1ccc(Cl)cc1N(CC(=O)NCCC[NH+]1CCOCC1)S(C)(=O)=O. The minimum Gasteiger partial charge on any atom is -0.370 e. The molecule has 26 heavy (non-hydrogen) atoms. The molecule has 7 nitrogen and oxygen atoms in total. The maximum Gasteiger partial charge on any atom is 0.240 e. The molecular formula is C17H27ClN3O4S+. The first-order valence-electron chi connectivity index (χ1n) is 8.69. The van der Waals surface area contributed by atoms with Crippen molar-refractivity contribution in [3.63, 3.8) is 0 Å². The highest BCUT2D eigenvalue weighted by Crippen LogP contribution is 2.26. The van der Waals surface area contributed by atoms with Crippen molar-refractivity contribution in [2.24, 2.45) is 0 Å². The van der Waals surface area contributed by atoms with Gasteiger partial charge in [-0.05, 0) is 24.6 Å². The Kier molecular flexibility index (Phi) is 7.69. The first-order chi connectivity index (χ1) is 12.3.